The minimum absolute atomic E-state index is 0.143. The van der Waals surface area contributed by atoms with Gasteiger partial charge in [0.2, 0.25) is 0 Å². The second-order valence-corrected chi connectivity index (χ2v) is 18.6. The van der Waals surface area contributed by atoms with Gasteiger partial charge in [-0.05, 0) is 46.5 Å². The number of nitrogens with zero attached hydrogens (tertiary/aromatic N) is 4. The summed E-state index contributed by atoms with van der Waals surface area (Å²) in [5.74, 6) is 1.93. The molecule has 10 rings (SSSR count). The van der Waals surface area contributed by atoms with Gasteiger partial charge in [0.05, 0.1) is 158 Å². The Morgan fingerprint density at radius 1 is 0.276 bits per heavy atom. The van der Waals surface area contributed by atoms with Crippen LogP contribution in [0.5, 0.6) is 23.0 Å². The third-order valence-corrected chi connectivity index (χ3v) is 14.1. The van der Waals surface area contributed by atoms with E-state index in [0.29, 0.717) is 155 Å². The molecule has 4 aromatic carbocycles. The lowest BCUT2D eigenvalue weighted by molar-refractivity contribution is -0.0793. The van der Waals surface area contributed by atoms with Gasteiger partial charge in [-0.15, -0.1) is 0 Å². The molecule has 0 aliphatic carbocycles. The third-order valence-electron chi connectivity index (χ3n) is 14.1. The molecule has 2 saturated heterocycles. The molecule has 0 spiro atoms. The van der Waals surface area contributed by atoms with Crippen molar-refractivity contribution in [3.8, 4) is 23.0 Å². The highest BCUT2D eigenvalue weighted by Crippen LogP contribution is 2.65. The standard InChI is InChI=1S/C56H70N4O16/c61-53-57-39-43-35-49-50(74-32-28-70-24-20-66-16-12-63-11-15-65-19-23-69-27-31-73-49)36-44(43)40-58-54(62)60-42-46-38-52-51(75-33-29-71-25-21-67-17-13-64-14-18-68-22-26-72-30-34-76-52)37-45(46)41-59(53)56(60,48-9-5-2-6-10-48)55(57,58)47-7-3-1-4-8-47/h1-10,35-38H,11-34,39-42H2. The number of carbonyl (C=O) groups is 2. The van der Waals surface area contributed by atoms with Gasteiger partial charge < -0.3 is 66.3 Å². The maximum absolute atomic E-state index is 16.1. The van der Waals surface area contributed by atoms with Crippen LogP contribution in [0.15, 0.2) is 84.9 Å². The summed E-state index contributed by atoms with van der Waals surface area (Å²) in [5.41, 5.74) is 2.03. The van der Waals surface area contributed by atoms with Crippen LogP contribution in [-0.2, 0) is 84.9 Å². The zero-order valence-electron chi connectivity index (χ0n) is 43.2. The van der Waals surface area contributed by atoms with Crippen molar-refractivity contribution < 1.29 is 75.9 Å². The average molecular weight is 1060 g/mol. The summed E-state index contributed by atoms with van der Waals surface area (Å²) in [4.78, 5) is 39.8. The van der Waals surface area contributed by atoms with Crippen LogP contribution in [0, 0.1) is 0 Å². The fraction of sp³-hybridized carbons (Fsp3) is 0.536. The molecule has 76 heavy (non-hydrogen) atoms. The highest BCUT2D eigenvalue weighted by molar-refractivity contribution is 5.90. The summed E-state index contributed by atoms with van der Waals surface area (Å²) in [6.07, 6.45) is 0. The van der Waals surface area contributed by atoms with E-state index in [1.165, 1.54) is 0 Å². The van der Waals surface area contributed by atoms with Gasteiger partial charge in [-0.25, -0.2) is 9.59 Å². The summed E-state index contributed by atoms with van der Waals surface area (Å²) < 4.78 is 83.1. The number of urea groups is 2. The van der Waals surface area contributed by atoms with Crippen molar-refractivity contribution in [3.05, 3.63) is 118 Å². The smallest absolute Gasteiger partial charge is 0.325 e. The minimum atomic E-state index is -1.39. The maximum atomic E-state index is 16.1. The summed E-state index contributed by atoms with van der Waals surface area (Å²) in [6.45, 7) is 9.57. The number of hydrogen-bond acceptors (Lipinski definition) is 16. The van der Waals surface area contributed by atoms with Gasteiger partial charge in [0.15, 0.2) is 34.3 Å². The van der Waals surface area contributed by atoms with Crippen LogP contribution < -0.4 is 18.9 Å². The number of hydrogen-bond donors (Lipinski definition) is 0. The molecule has 0 radical (unpaired) electrons. The van der Waals surface area contributed by atoms with Crippen LogP contribution in [0.2, 0.25) is 0 Å². The second kappa shape index (κ2) is 26.5. The number of benzene rings is 4. The minimum Gasteiger partial charge on any atom is -0.487 e. The van der Waals surface area contributed by atoms with E-state index in [-0.39, 0.29) is 64.7 Å². The van der Waals surface area contributed by atoms with Crippen LogP contribution in [0.1, 0.15) is 33.4 Å². The number of carbonyl (C=O) groups excluding carboxylic acids is 2. The molecule has 20 nitrogen and oxygen atoms in total. The van der Waals surface area contributed by atoms with Crippen LogP contribution in [-0.4, -0.2) is 190 Å². The van der Waals surface area contributed by atoms with Crippen molar-refractivity contribution in [1.82, 2.24) is 19.6 Å². The second-order valence-electron chi connectivity index (χ2n) is 18.6. The quantitative estimate of drug-likeness (QED) is 0.253. The van der Waals surface area contributed by atoms with E-state index < -0.39 is 11.3 Å². The summed E-state index contributed by atoms with van der Waals surface area (Å²) >= 11 is 0. The molecule has 0 aromatic heterocycles. The zero-order chi connectivity index (χ0) is 51.8. The molecule has 0 bridgehead atoms. The first-order chi connectivity index (χ1) is 37.6. The van der Waals surface area contributed by atoms with Gasteiger partial charge in [0.25, 0.3) is 0 Å². The van der Waals surface area contributed by atoms with E-state index in [1.54, 1.807) is 0 Å². The van der Waals surface area contributed by atoms with E-state index in [9.17, 15) is 0 Å². The Kier molecular flexibility index (Phi) is 18.7. The lowest BCUT2D eigenvalue weighted by atomic mass is 9.79. The van der Waals surface area contributed by atoms with Crippen molar-refractivity contribution in [2.45, 2.75) is 37.5 Å². The molecule has 6 aliphatic rings. The molecule has 0 atom stereocenters. The zero-order valence-corrected chi connectivity index (χ0v) is 43.2. The van der Waals surface area contributed by atoms with E-state index in [2.05, 4.69) is 0 Å². The topological polar surface area (TPSA) is 176 Å². The largest absolute Gasteiger partial charge is 0.487 e. The van der Waals surface area contributed by atoms with Gasteiger partial charge in [0.1, 0.15) is 26.4 Å². The van der Waals surface area contributed by atoms with E-state index in [0.717, 1.165) is 33.4 Å². The fourth-order valence-corrected chi connectivity index (χ4v) is 10.8. The SMILES string of the molecule is O=C1N2Cc3cc4c(cc3CN3C(=O)N5Cc6cc7c(cc6CN1C5(c1ccccc1)C23c1ccccc1)OCCOCCOCCOCCOCCOCCO7)OCCOCCOCCOCCOCCOCCO4. The monoisotopic (exact) mass is 1050 g/mol. The van der Waals surface area contributed by atoms with Gasteiger partial charge in [-0.2, -0.15) is 0 Å². The Morgan fingerprint density at radius 3 is 0.684 bits per heavy atom. The summed E-state index contributed by atoms with van der Waals surface area (Å²) in [6, 6.07) is 27.1. The number of ether oxygens (including phenoxy) is 14. The van der Waals surface area contributed by atoms with Gasteiger partial charge in [-0.1, -0.05) is 60.7 Å². The number of rotatable bonds is 2. The van der Waals surface area contributed by atoms with Crippen molar-refractivity contribution >= 4 is 12.1 Å². The molecular formula is C56H70N4O16. The first-order valence-electron chi connectivity index (χ1n) is 26.5. The molecule has 4 aromatic rings. The maximum Gasteiger partial charge on any atom is 0.325 e. The van der Waals surface area contributed by atoms with Gasteiger partial charge >= 0.3 is 12.1 Å². The molecule has 4 amide bonds. The predicted molar refractivity (Wildman–Crippen MR) is 272 cm³/mol. The Labute approximate surface area is 443 Å². The summed E-state index contributed by atoms with van der Waals surface area (Å²) in [7, 11) is 0. The highest BCUT2D eigenvalue weighted by Gasteiger charge is 2.80. The Bertz CT molecular complexity index is 2220. The number of fused-ring (bicyclic) bond motifs is 4. The van der Waals surface area contributed by atoms with Crippen LogP contribution >= 0.6 is 0 Å². The van der Waals surface area contributed by atoms with E-state index >= 15 is 9.59 Å². The first-order valence-corrected chi connectivity index (χ1v) is 26.5. The average Bonchev–Trinajstić information content (AvgIpc) is 2.76. The predicted octanol–water partition coefficient (Wildman–Crippen LogP) is 5.30. The van der Waals surface area contributed by atoms with Gasteiger partial charge in [-0.3, -0.25) is 19.6 Å². The molecule has 0 N–H and O–H groups in total. The molecule has 6 heterocycles. The molecule has 6 aliphatic heterocycles. The normalized spacial score (nSPS) is 24.6. The van der Waals surface area contributed by atoms with Crippen molar-refractivity contribution in [2.75, 3.05) is 159 Å². The third kappa shape index (κ3) is 11.6. The van der Waals surface area contributed by atoms with Crippen LogP contribution in [0.25, 0.3) is 0 Å². The Balaban J connectivity index is 1.01. The van der Waals surface area contributed by atoms with Crippen molar-refractivity contribution in [1.29, 1.82) is 0 Å². The molecule has 2 fully saturated rings. The fourth-order valence-electron chi connectivity index (χ4n) is 10.8. The highest BCUT2D eigenvalue weighted by atomic mass is 16.6. The Hall–Kier alpha value is -5.78. The molecule has 0 unspecified atom stereocenters. The molecule has 0 saturated carbocycles. The van der Waals surface area contributed by atoms with Crippen molar-refractivity contribution in [3.63, 3.8) is 0 Å². The molecule has 410 valence electrons. The molecular weight excluding hydrogens is 985 g/mol. The van der Waals surface area contributed by atoms with Crippen LogP contribution in [0.4, 0.5) is 9.59 Å². The summed E-state index contributed by atoms with van der Waals surface area (Å²) in [5, 5.41) is 0. The first kappa shape index (κ1) is 53.6. The van der Waals surface area contributed by atoms with Gasteiger partial charge in [0, 0.05) is 11.1 Å². The Morgan fingerprint density at radius 2 is 0.474 bits per heavy atom. The lowest BCUT2D eigenvalue weighted by Crippen LogP contribution is -2.62. The van der Waals surface area contributed by atoms with Crippen LogP contribution in [0.3, 0.4) is 0 Å². The molecule has 20 heteroatoms. The van der Waals surface area contributed by atoms with E-state index in [1.807, 2.05) is 105 Å². The lowest BCUT2D eigenvalue weighted by Gasteiger charge is -2.49. The van der Waals surface area contributed by atoms with E-state index in [4.69, 9.17) is 66.3 Å². The number of amides is 4. The van der Waals surface area contributed by atoms with Crippen molar-refractivity contribution in [2.24, 2.45) is 0 Å².